The molecule has 0 radical (unpaired) electrons. The van der Waals surface area contributed by atoms with Gasteiger partial charge in [-0.3, -0.25) is 9.59 Å². The summed E-state index contributed by atoms with van der Waals surface area (Å²) in [5, 5.41) is 3.38. The van der Waals surface area contributed by atoms with E-state index in [1.54, 1.807) is 0 Å². The maximum absolute atomic E-state index is 14.0. The molecule has 5 heteroatoms. The molecule has 1 aromatic heterocycles. The summed E-state index contributed by atoms with van der Waals surface area (Å²) in [5.41, 5.74) is 2.88. The molecule has 188 valence electrons. The highest BCUT2D eigenvalue weighted by molar-refractivity contribution is 6.00. The van der Waals surface area contributed by atoms with Crippen molar-refractivity contribution in [1.29, 1.82) is 0 Å². The molecule has 5 rings (SSSR count). The van der Waals surface area contributed by atoms with E-state index in [0.29, 0.717) is 25.2 Å². The van der Waals surface area contributed by atoms with Gasteiger partial charge in [0.05, 0.1) is 6.54 Å². The van der Waals surface area contributed by atoms with Crippen LogP contribution in [0.2, 0.25) is 0 Å². The lowest BCUT2D eigenvalue weighted by Crippen LogP contribution is -2.65. The predicted octanol–water partition coefficient (Wildman–Crippen LogP) is 5.84. The summed E-state index contributed by atoms with van der Waals surface area (Å²) in [6, 6.07) is 24.4. The molecule has 1 fully saturated rings. The minimum atomic E-state index is -0.968. The van der Waals surface area contributed by atoms with Gasteiger partial charge in [-0.2, -0.15) is 0 Å². The number of nitrogens with zero attached hydrogens (tertiary/aromatic N) is 2. The number of hydrogen-bond acceptors (Lipinski definition) is 2. The van der Waals surface area contributed by atoms with Crippen LogP contribution >= 0.6 is 0 Å². The van der Waals surface area contributed by atoms with Crippen molar-refractivity contribution in [3.05, 3.63) is 84.1 Å². The molecule has 1 aliphatic carbocycles. The molecule has 5 nitrogen and oxygen atoms in total. The average Bonchev–Trinajstić information content (AvgIpc) is 3.30. The van der Waals surface area contributed by atoms with E-state index < -0.39 is 5.54 Å². The van der Waals surface area contributed by atoms with Crippen LogP contribution in [-0.2, 0) is 17.8 Å². The lowest BCUT2D eigenvalue weighted by molar-refractivity contribution is -0.133. The van der Waals surface area contributed by atoms with E-state index in [2.05, 4.69) is 29.6 Å². The van der Waals surface area contributed by atoms with Crippen molar-refractivity contribution in [2.75, 3.05) is 6.54 Å². The Bertz CT molecular complexity index is 1180. The van der Waals surface area contributed by atoms with Crippen LogP contribution in [0.25, 0.3) is 11.3 Å². The molecular weight excluding hydrogens is 446 g/mol. The number of aromatic nitrogens is 1. The van der Waals surface area contributed by atoms with Crippen LogP contribution in [0.4, 0.5) is 0 Å². The van der Waals surface area contributed by atoms with E-state index in [0.717, 1.165) is 36.9 Å². The third-order valence-corrected chi connectivity index (χ3v) is 7.97. The van der Waals surface area contributed by atoms with Crippen LogP contribution in [0.5, 0.6) is 0 Å². The number of hydrogen-bond donors (Lipinski definition) is 1. The van der Waals surface area contributed by atoms with E-state index >= 15 is 0 Å². The second kappa shape index (κ2) is 10.7. The molecule has 2 aliphatic rings. The largest absolute Gasteiger partial charge is 0.351 e. The molecular formula is C31H37N3O2. The van der Waals surface area contributed by atoms with Crippen molar-refractivity contribution < 1.29 is 9.59 Å². The summed E-state index contributed by atoms with van der Waals surface area (Å²) in [6.45, 7) is 2.90. The van der Waals surface area contributed by atoms with Crippen LogP contribution in [-0.4, -0.2) is 39.4 Å². The maximum Gasteiger partial charge on any atom is 0.271 e. The van der Waals surface area contributed by atoms with Gasteiger partial charge < -0.3 is 14.8 Å². The summed E-state index contributed by atoms with van der Waals surface area (Å²) in [4.78, 5) is 29.8. The SMILES string of the molecule is C[C@@]1(C(=O)NC2CCCCCCC2)Cn2c(ccc2-c2ccccc2)C(=O)N1CCc1ccccc1. The Kier molecular flexibility index (Phi) is 7.26. The van der Waals surface area contributed by atoms with Crippen molar-refractivity contribution in [1.82, 2.24) is 14.8 Å². The summed E-state index contributed by atoms with van der Waals surface area (Å²) >= 11 is 0. The zero-order valence-electron chi connectivity index (χ0n) is 21.3. The first-order valence-electron chi connectivity index (χ1n) is 13.5. The van der Waals surface area contributed by atoms with Gasteiger partial charge >= 0.3 is 0 Å². The second-order valence-electron chi connectivity index (χ2n) is 10.5. The predicted molar refractivity (Wildman–Crippen MR) is 144 cm³/mol. The van der Waals surface area contributed by atoms with Gasteiger partial charge in [0.2, 0.25) is 5.91 Å². The Balaban J connectivity index is 1.46. The number of rotatable bonds is 6. The van der Waals surface area contributed by atoms with Crippen LogP contribution in [0.3, 0.4) is 0 Å². The molecule has 36 heavy (non-hydrogen) atoms. The molecule has 1 N–H and O–H groups in total. The summed E-state index contributed by atoms with van der Waals surface area (Å²) in [5.74, 6) is -0.109. The first-order valence-corrected chi connectivity index (χ1v) is 13.5. The van der Waals surface area contributed by atoms with Crippen LogP contribution in [0.15, 0.2) is 72.8 Å². The van der Waals surface area contributed by atoms with Crippen molar-refractivity contribution in [2.24, 2.45) is 0 Å². The number of amides is 2. The minimum Gasteiger partial charge on any atom is -0.351 e. The number of fused-ring (bicyclic) bond motifs is 1. The van der Waals surface area contributed by atoms with Crippen LogP contribution < -0.4 is 5.32 Å². The van der Waals surface area contributed by atoms with E-state index in [9.17, 15) is 9.59 Å². The van der Waals surface area contributed by atoms with Crippen LogP contribution in [0, 0.1) is 0 Å². The highest BCUT2D eigenvalue weighted by Gasteiger charge is 2.48. The van der Waals surface area contributed by atoms with Gasteiger partial charge in [-0.05, 0) is 49.4 Å². The number of nitrogens with one attached hydrogen (secondary N) is 1. The molecule has 0 bridgehead atoms. The summed E-state index contributed by atoms with van der Waals surface area (Å²) < 4.78 is 2.05. The molecule has 1 atom stereocenters. The molecule has 0 spiro atoms. The Hall–Kier alpha value is -3.34. The fraction of sp³-hybridized carbons (Fsp3) is 0.419. The lowest BCUT2D eigenvalue weighted by atomic mass is 9.91. The van der Waals surface area contributed by atoms with Gasteiger partial charge in [-0.25, -0.2) is 0 Å². The summed E-state index contributed by atoms with van der Waals surface area (Å²) in [6.07, 6.45) is 8.81. The van der Waals surface area contributed by atoms with Crippen LogP contribution in [0.1, 0.15) is 67.9 Å². The third kappa shape index (κ3) is 4.97. The fourth-order valence-electron chi connectivity index (χ4n) is 5.81. The van der Waals surface area contributed by atoms with Gasteiger partial charge in [-0.15, -0.1) is 0 Å². The average molecular weight is 484 g/mol. The van der Waals surface area contributed by atoms with Gasteiger partial charge in [0.15, 0.2) is 0 Å². The van der Waals surface area contributed by atoms with E-state index in [4.69, 9.17) is 0 Å². The Morgan fingerprint density at radius 2 is 1.47 bits per heavy atom. The van der Waals surface area contributed by atoms with Crippen molar-refractivity contribution in [2.45, 2.75) is 76.4 Å². The molecule has 0 unspecified atom stereocenters. The Morgan fingerprint density at radius 3 is 2.17 bits per heavy atom. The normalized spacial score (nSPS) is 20.9. The maximum atomic E-state index is 14.0. The molecule has 2 aromatic carbocycles. The molecule has 1 aliphatic heterocycles. The molecule has 2 amide bonds. The Labute approximate surface area is 214 Å². The van der Waals surface area contributed by atoms with Crippen molar-refractivity contribution in [3.8, 4) is 11.3 Å². The quantitative estimate of drug-likeness (QED) is 0.479. The smallest absolute Gasteiger partial charge is 0.271 e. The molecule has 1 saturated carbocycles. The highest BCUT2D eigenvalue weighted by Crippen LogP contribution is 2.33. The number of carbonyl (C=O) groups excluding carboxylic acids is 2. The third-order valence-electron chi connectivity index (χ3n) is 7.97. The highest BCUT2D eigenvalue weighted by atomic mass is 16.2. The molecule has 2 heterocycles. The molecule has 0 saturated heterocycles. The zero-order chi connectivity index (χ0) is 25.0. The van der Waals surface area contributed by atoms with Gasteiger partial charge in [-0.1, -0.05) is 92.8 Å². The standard InChI is InChI=1S/C31H37N3O2/c1-31(30(36)32-26-17-11-3-2-4-12-18-26)23-33-27(25-15-9-6-10-16-25)19-20-28(33)29(35)34(31)22-21-24-13-7-5-8-14-24/h5-10,13-16,19-20,26H,2-4,11-12,17-18,21-23H2,1H3,(H,32,36)/t31-/m0/s1. The minimum absolute atomic E-state index is 0.0344. The first-order chi connectivity index (χ1) is 17.6. The van der Waals surface area contributed by atoms with Gasteiger partial charge in [0, 0.05) is 18.3 Å². The van der Waals surface area contributed by atoms with E-state index in [1.165, 1.54) is 24.8 Å². The van der Waals surface area contributed by atoms with Gasteiger partial charge in [0.25, 0.3) is 5.91 Å². The zero-order valence-corrected chi connectivity index (χ0v) is 21.3. The van der Waals surface area contributed by atoms with Crippen molar-refractivity contribution in [3.63, 3.8) is 0 Å². The van der Waals surface area contributed by atoms with Gasteiger partial charge in [0.1, 0.15) is 11.2 Å². The fourth-order valence-corrected chi connectivity index (χ4v) is 5.81. The summed E-state index contributed by atoms with van der Waals surface area (Å²) in [7, 11) is 0. The van der Waals surface area contributed by atoms with E-state index in [1.807, 2.05) is 64.9 Å². The topological polar surface area (TPSA) is 54.3 Å². The molecule has 3 aromatic rings. The Morgan fingerprint density at radius 1 is 0.861 bits per heavy atom. The number of carbonyl (C=O) groups is 2. The van der Waals surface area contributed by atoms with Crippen molar-refractivity contribution >= 4 is 11.8 Å². The van der Waals surface area contributed by atoms with E-state index in [-0.39, 0.29) is 17.9 Å². The first kappa shape index (κ1) is 24.4. The number of benzene rings is 2. The second-order valence-corrected chi connectivity index (χ2v) is 10.5. The monoisotopic (exact) mass is 483 g/mol. The lowest BCUT2D eigenvalue weighted by Gasteiger charge is -2.45.